The van der Waals surface area contributed by atoms with E-state index in [-0.39, 0.29) is 5.54 Å². The van der Waals surface area contributed by atoms with Crippen LogP contribution in [0.2, 0.25) is 0 Å². The second-order valence-corrected chi connectivity index (χ2v) is 6.51. The number of nitrogens with one attached hydrogen (secondary N) is 1. The van der Waals surface area contributed by atoms with Crippen molar-refractivity contribution >= 4 is 0 Å². The highest BCUT2D eigenvalue weighted by molar-refractivity contribution is 5.04. The minimum atomic E-state index is 0.180. The Balaban J connectivity index is 1.75. The van der Waals surface area contributed by atoms with E-state index in [0.29, 0.717) is 12.0 Å². The van der Waals surface area contributed by atoms with Gasteiger partial charge in [0.25, 0.3) is 0 Å². The van der Waals surface area contributed by atoms with Crippen LogP contribution in [-0.2, 0) is 11.2 Å². The van der Waals surface area contributed by atoms with Gasteiger partial charge in [0, 0.05) is 17.9 Å². The van der Waals surface area contributed by atoms with E-state index in [0.717, 1.165) is 44.1 Å². The van der Waals surface area contributed by atoms with Crippen molar-refractivity contribution in [3.05, 3.63) is 17.8 Å². The molecule has 0 bridgehead atoms. The maximum Gasteiger partial charge on any atom is 0.194 e. The summed E-state index contributed by atoms with van der Waals surface area (Å²) in [6.45, 7) is 10.4. The quantitative estimate of drug-likeness (QED) is 0.832. The van der Waals surface area contributed by atoms with E-state index in [1.165, 1.54) is 0 Å². The lowest BCUT2D eigenvalue weighted by molar-refractivity contribution is 0.122. The van der Waals surface area contributed by atoms with Crippen molar-refractivity contribution in [3.63, 3.8) is 0 Å². The zero-order valence-corrected chi connectivity index (χ0v) is 12.5. The first-order valence-electron chi connectivity index (χ1n) is 7.25. The molecule has 1 aromatic heterocycles. The van der Waals surface area contributed by atoms with E-state index in [4.69, 9.17) is 9.15 Å². The molecule has 0 amide bonds. The fraction of sp³-hybridized carbons (Fsp3) is 0.800. The molecule has 1 saturated heterocycles. The summed E-state index contributed by atoms with van der Waals surface area (Å²) in [5.74, 6) is 2.23. The Kier molecular flexibility index (Phi) is 4.63. The lowest BCUT2D eigenvalue weighted by atomic mass is 10.0. The fourth-order valence-electron chi connectivity index (χ4n) is 2.35. The first-order chi connectivity index (χ1) is 8.94. The van der Waals surface area contributed by atoms with Gasteiger partial charge in [-0.05, 0) is 47.1 Å². The van der Waals surface area contributed by atoms with Crippen LogP contribution in [-0.4, -0.2) is 29.8 Å². The smallest absolute Gasteiger partial charge is 0.194 e. The molecule has 0 saturated carbocycles. The molecule has 1 N–H and O–H groups in total. The molecule has 2 unspecified atom stereocenters. The highest BCUT2D eigenvalue weighted by Crippen LogP contribution is 2.29. The summed E-state index contributed by atoms with van der Waals surface area (Å²) in [7, 11) is 0. The first kappa shape index (κ1) is 14.5. The summed E-state index contributed by atoms with van der Waals surface area (Å²) in [5, 5.41) is 3.47. The van der Waals surface area contributed by atoms with E-state index in [2.05, 4.69) is 38.0 Å². The molecule has 2 atom stereocenters. The van der Waals surface area contributed by atoms with E-state index in [9.17, 15) is 0 Å². The summed E-state index contributed by atoms with van der Waals surface area (Å²) >= 11 is 0. The SMILES string of the molecule is CC1CC(c2cnc(CCCNC(C)(C)C)o2)CO1. The molecule has 108 valence electrons. The number of aromatic nitrogens is 1. The van der Waals surface area contributed by atoms with Gasteiger partial charge in [0.2, 0.25) is 0 Å². The Labute approximate surface area is 115 Å². The molecule has 2 heterocycles. The Morgan fingerprint density at radius 2 is 2.21 bits per heavy atom. The van der Waals surface area contributed by atoms with Gasteiger partial charge in [0.1, 0.15) is 5.76 Å². The lowest BCUT2D eigenvalue weighted by Crippen LogP contribution is -2.36. The van der Waals surface area contributed by atoms with Crippen LogP contribution in [0.4, 0.5) is 0 Å². The summed E-state index contributed by atoms with van der Waals surface area (Å²) in [6, 6.07) is 0. The van der Waals surface area contributed by atoms with Gasteiger partial charge in [-0.3, -0.25) is 0 Å². The highest BCUT2D eigenvalue weighted by Gasteiger charge is 2.26. The first-order valence-corrected chi connectivity index (χ1v) is 7.25. The average Bonchev–Trinajstić information content (AvgIpc) is 2.92. The van der Waals surface area contributed by atoms with Crippen molar-refractivity contribution < 1.29 is 9.15 Å². The second kappa shape index (κ2) is 6.06. The maximum absolute atomic E-state index is 5.83. The molecular formula is C15H26N2O2. The van der Waals surface area contributed by atoms with Gasteiger partial charge in [-0.25, -0.2) is 4.98 Å². The topological polar surface area (TPSA) is 47.3 Å². The average molecular weight is 266 g/mol. The van der Waals surface area contributed by atoms with Gasteiger partial charge in [0.05, 0.1) is 18.9 Å². The third-order valence-corrected chi connectivity index (χ3v) is 3.39. The number of hydrogen-bond acceptors (Lipinski definition) is 4. The standard InChI is InChI=1S/C15H26N2O2/c1-11-8-12(10-18-11)13-9-16-14(19-13)6-5-7-17-15(2,3)4/h9,11-12,17H,5-8,10H2,1-4H3. The Hall–Kier alpha value is -0.870. The lowest BCUT2D eigenvalue weighted by Gasteiger charge is -2.20. The monoisotopic (exact) mass is 266 g/mol. The molecule has 19 heavy (non-hydrogen) atoms. The van der Waals surface area contributed by atoms with Gasteiger partial charge in [0.15, 0.2) is 5.89 Å². The molecule has 1 aliphatic rings. The van der Waals surface area contributed by atoms with Crippen LogP contribution >= 0.6 is 0 Å². The van der Waals surface area contributed by atoms with Crippen LogP contribution in [0.25, 0.3) is 0 Å². The van der Waals surface area contributed by atoms with Gasteiger partial charge >= 0.3 is 0 Å². The largest absolute Gasteiger partial charge is 0.445 e. The van der Waals surface area contributed by atoms with Crippen LogP contribution in [0.5, 0.6) is 0 Å². The predicted molar refractivity (Wildman–Crippen MR) is 75.4 cm³/mol. The fourth-order valence-corrected chi connectivity index (χ4v) is 2.35. The molecule has 0 radical (unpaired) electrons. The van der Waals surface area contributed by atoms with Gasteiger partial charge in [-0.2, -0.15) is 0 Å². The summed E-state index contributed by atoms with van der Waals surface area (Å²) in [4.78, 5) is 4.37. The van der Waals surface area contributed by atoms with Crippen LogP contribution < -0.4 is 5.32 Å². The van der Waals surface area contributed by atoms with Gasteiger partial charge in [-0.15, -0.1) is 0 Å². The molecule has 0 aromatic carbocycles. The van der Waals surface area contributed by atoms with Crippen molar-refractivity contribution in [2.45, 2.75) is 64.5 Å². The number of ether oxygens (including phenoxy) is 1. The van der Waals surface area contributed by atoms with Crippen molar-refractivity contribution in [1.29, 1.82) is 0 Å². The highest BCUT2D eigenvalue weighted by atomic mass is 16.5. The molecule has 4 heteroatoms. The number of rotatable bonds is 5. The van der Waals surface area contributed by atoms with Crippen molar-refractivity contribution in [2.75, 3.05) is 13.2 Å². The van der Waals surface area contributed by atoms with Crippen LogP contribution in [0, 0.1) is 0 Å². The normalized spacial score (nSPS) is 24.0. The van der Waals surface area contributed by atoms with E-state index in [1.54, 1.807) is 0 Å². The molecule has 1 aromatic rings. The molecular weight excluding hydrogens is 240 g/mol. The van der Waals surface area contributed by atoms with Gasteiger partial charge < -0.3 is 14.5 Å². The number of nitrogens with zero attached hydrogens (tertiary/aromatic N) is 1. The Morgan fingerprint density at radius 3 is 2.84 bits per heavy atom. The van der Waals surface area contributed by atoms with Crippen LogP contribution in [0.15, 0.2) is 10.6 Å². The molecule has 1 aliphatic heterocycles. The zero-order chi connectivity index (χ0) is 13.9. The zero-order valence-electron chi connectivity index (χ0n) is 12.5. The summed E-state index contributed by atoms with van der Waals surface area (Å²) in [5.41, 5.74) is 0.180. The van der Waals surface area contributed by atoms with Crippen molar-refractivity contribution in [3.8, 4) is 0 Å². The molecule has 0 spiro atoms. The molecule has 0 aliphatic carbocycles. The van der Waals surface area contributed by atoms with Crippen molar-refractivity contribution in [2.24, 2.45) is 0 Å². The Bertz CT molecular complexity index is 395. The summed E-state index contributed by atoms with van der Waals surface area (Å²) < 4.78 is 11.4. The third kappa shape index (κ3) is 4.62. The minimum absolute atomic E-state index is 0.180. The second-order valence-electron chi connectivity index (χ2n) is 6.51. The molecule has 2 rings (SSSR count). The maximum atomic E-state index is 5.83. The number of oxazole rings is 1. The number of aryl methyl sites for hydroxylation is 1. The van der Waals surface area contributed by atoms with E-state index >= 15 is 0 Å². The van der Waals surface area contributed by atoms with E-state index < -0.39 is 0 Å². The van der Waals surface area contributed by atoms with Crippen molar-refractivity contribution in [1.82, 2.24) is 10.3 Å². The Morgan fingerprint density at radius 1 is 1.42 bits per heavy atom. The third-order valence-electron chi connectivity index (χ3n) is 3.39. The minimum Gasteiger partial charge on any atom is -0.445 e. The summed E-state index contributed by atoms with van der Waals surface area (Å²) in [6.07, 6.45) is 5.20. The molecule has 4 nitrogen and oxygen atoms in total. The molecule has 1 fully saturated rings. The number of hydrogen-bond donors (Lipinski definition) is 1. The predicted octanol–water partition coefficient (Wildman–Crippen LogP) is 2.89. The van der Waals surface area contributed by atoms with E-state index in [1.807, 2.05) is 6.20 Å². The van der Waals surface area contributed by atoms with Crippen LogP contribution in [0.1, 0.15) is 58.1 Å². The van der Waals surface area contributed by atoms with Gasteiger partial charge in [-0.1, -0.05) is 0 Å². The van der Waals surface area contributed by atoms with Crippen LogP contribution in [0.3, 0.4) is 0 Å².